The Morgan fingerprint density at radius 1 is 0.403 bits per heavy atom. The summed E-state index contributed by atoms with van der Waals surface area (Å²) in [5.74, 6) is 0.475. The standard InChI is InChI=1S/C37H32O2.2C14H14/c1-4-12-24-17-19-30-28(21-24)34-32(25-13-8-6-9-14-25)35-29-22-27(23(3)5-2)18-20-31(29)39-37(35)33(36(34)38-30)26-15-10-7-11-16-26;2*1-11-7-3-5-9-13(11)14-10-6-4-8-12(14)2/h6-11,13-23H,4-5,12H2,1-3H3;2*3-10H,1-2H3. The summed E-state index contributed by atoms with van der Waals surface area (Å²) in [7, 11) is 0. The van der Waals surface area contributed by atoms with Gasteiger partial charge in [0.05, 0.1) is 5.56 Å². The van der Waals surface area contributed by atoms with E-state index in [1.54, 1.807) is 0 Å². The van der Waals surface area contributed by atoms with Crippen LogP contribution in [0.2, 0.25) is 0 Å². The maximum atomic E-state index is 6.77. The van der Waals surface area contributed by atoms with Gasteiger partial charge in [0.25, 0.3) is 0 Å². The molecule has 0 amide bonds. The van der Waals surface area contributed by atoms with Crippen LogP contribution < -0.4 is 0 Å². The van der Waals surface area contributed by atoms with Crippen LogP contribution in [0.15, 0.2) is 203 Å². The zero-order valence-corrected chi connectivity index (χ0v) is 40.0. The maximum absolute atomic E-state index is 6.77. The number of hydrogen-bond acceptors (Lipinski definition) is 2. The molecule has 1 atom stereocenters. The average Bonchev–Trinajstić information content (AvgIpc) is 3.93. The van der Waals surface area contributed by atoms with Crippen LogP contribution in [0.1, 0.15) is 72.9 Å². The van der Waals surface area contributed by atoms with Gasteiger partial charge in [-0.25, -0.2) is 0 Å². The average molecular weight is 873 g/mol. The molecule has 2 heteroatoms. The second kappa shape index (κ2) is 20.0. The van der Waals surface area contributed by atoms with Crippen molar-refractivity contribution in [3.63, 3.8) is 0 Å². The first-order chi connectivity index (χ1) is 32.7. The highest BCUT2D eigenvalue weighted by atomic mass is 16.3. The molecule has 1 unspecified atom stereocenters. The molecule has 0 saturated carbocycles. The molecule has 9 aromatic carbocycles. The second-order valence-electron chi connectivity index (χ2n) is 18.0. The first-order valence-electron chi connectivity index (χ1n) is 24.0. The molecule has 11 aromatic rings. The summed E-state index contributed by atoms with van der Waals surface area (Å²) in [6, 6.07) is 68.7. The number of hydrogen-bond donors (Lipinski definition) is 0. The largest absolute Gasteiger partial charge is 0.455 e. The highest BCUT2D eigenvalue weighted by Gasteiger charge is 2.27. The summed E-state index contributed by atoms with van der Waals surface area (Å²) in [5.41, 5.74) is 21.5. The fraction of sp³-hybridized carbons (Fsp3) is 0.169. The van der Waals surface area contributed by atoms with Gasteiger partial charge in [0.15, 0.2) is 0 Å². The molecule has 0 fully saturated rings. The van der Waals surface area contributed by atoms with Crippen molar-refractivity contribution >= 4 is 43.9 Å². The zero-order chi connectivity index (χ0) is 46.4. The molecule has 11 rings (SSSR count). The predicted molar refractivity (Wildman–Crippen MR) is 287 cm³/mol. The Labute approximate surface area is 396 Å². The molecule has 2 aromatic heterocycles. The summed E-state index contributed by atoms with van der Waals surface area (Å²) in [4.78, 5) is 0. The van der Waals surface area contributed by atoms with Gasteiger partial charge < -0.3 is 8.83 Å². The van der Waals surface area contributed by atoms with Gasteiger partial charge in [-0.3, -0.25) is 0 Å². The van der Waals surface area contributed by atoms with Gasteiger partial charge in [0, 0.05) is 27.1 Å². The molecule has 0 aliphatic carbocycles. The quantitative estimate of drug-likeness (QED) is 0.152. The van der Waals surface area contributed by atoms with E-state index in [1.165, 1.54) is 77.5 Å². The third-order valence-electron chi connectivity index (χ3n) is 13.4. The Bertz CT molecular complexity index is 3280. The lowest BCUT2D eigenvalue weighted by Gasteiger charge is -2.12. The summed E-state index contributed by atoms with van der Waals surface area (Å²) in [6.07, 6.45) is 3.25. The second-order valence-corrected chi connectivity index (χ2v) is 18.0. The van der Waals surface area contributed by atoms with E-state index in [4.69, 9.17) is 8.83 Å². The molecule has 67 heavy (non-hydrogen) atoms. The lowest BCUT2D eigenvalue weighted by Crippen LogP contribution is -1.90. The van der Waals surface area contributed by atoms with E-state index >= 15 is 0 Å². The molecule has 0 radical (unpaired) electrons. The number of benzene rings is 9. The summed E-state index contributed by atoms with van der Waals surface area (Å²) < 4.78 is 13.5. The number of rotatable bonds is 8. The van der Waals surface area contributed by atoms with Crippen LogP contribution in [0.25, 0.3) is 88.4 Å². The minimum atomic E-state index is 0.475. The maximum Gasteiger partial charge on any atom is 0.147 e. The summed E-state index contributed by atoms with van der Waals surface area (Å²) >= 11 is 0. The first-order valence-corrected chi connectivity index (χ1v) is 24.0. The van der Waals surface area contributed by atoms with Crippen molar-refractivity contribution in [3.8, 4) is 44.5 Å². The Balaban J connectivity index is 0.000000163. The van der Waals surface area contributed by atoms with Crippen LogP contribution in [0.4, 0.5) is 0 Å². The van der Waals surface area contributed by atoms with Gasteiger partial charge in [0.2, 0.25) is 0 Å². The van der Waals surface area contributed by atoms with Gasteiger partial charge in [0.1, 0.15) is 22.3 Å². The third-order valence-corrected chi connectivity index (χ3v) is 13.4. The van der Waals surface area contributed by atoms with Crippen molar-refractivity contribution in [2.75, 3.05) is 0 Å². The number of furan rings is 2. The van der Waals surface area contributed by atoms with Gasteiger partial charge in [-0.2, -0.15) is 0 Å². The minimum Gasteiger partial charge on any atom is -0.455 e. The molecule has 0 saturated heterocycles. The molecule has 0 aliphatic rings. The molecule has 2 nitrogen and oxygen atoms in total. The van der Waals surface area contributed by atoms with E-state index in [1.807, 2.05) is 0 Å². The third kappa shape index (κ3) is 9.10. The predicted octanol–water partition coefficient (Wildman–Crippen LogP) is 19.2. The fourth-order valence-electron chi connectivity index (χ4n) is 9.58. The Morgan fingerprint density at radius 3 is 1.21 bits per heavy atom. The smallest absolute Gasteiger partial charge is 0.147 e. The van der Waals surface area contributed by atoms with E-state index in [9.17, 15) is 0 Å². The molecular weight excluding hydrogens is 813 g/mol. The Hall–Kier alpha value is -7.42. The van der Waals surface area contributed by atoms with Crippen molar-refractivity contribution in [2.45, 2.75) is 73.6 Å². The Kier molecular flexibility index (Phi) is 13.4. The molecule has 0 aliphatic heterocycles. The highest BCUT2D eigenvalue weighted by Crippen LogP contribution is 2.51. The van der Waals surface area contributed by atoms with Crippen molar-refractivity contribution in [3.05, 3.63) is 228 Å². The zero-order valence-electron chi connectivity index (χ0n) is 40.0. The topological polar surface area (TPSA) is 26.3 Å². The van der Waals surface area contributed by atoms with Gasteiger partial charge >= 0.3 is 0 Å². The van der Waals surface area contributed by atoms with Gasteiger partial charge in [-0.1, -0.05) is 197 Å². The van der Waals surface area contributed by atoms with Gasteiger partial charge in [-0.15, -0.1) is 0 Å². The van der Waals surface area contributed by atoms with E-state index in [0.717, 1.165) is 63.5 Å². The minimum absolute atomic E-state index is 0.475. The molecule has 2 heterocycles. The number of aryl methyl sites for hydroxylation is 5. The first kappa shape index (κ1) is 44.8. The lowest BCUT2D eigenvalue weighted by atomic mass is 9.89. The summed E-state index contributed by atoms with van der Waals surface area (Å²) in [6.45, 7) is 15.4. The molecule has 0 bridgehead atoms. The van der Waals surface area contributed by atoms with Crippen LogP contribution in [0.3, 0.4) is 0 Å². The van der Waals surface area contributed by atoms with Crippen LogP contribution in [-0.2, 0) is 6.42 Å². The van der Waals surface area contributed by atoms with Crippen LogP contribution in [0.5, 0.6) is 0 Å². The van der Waals surface area contributed by atoms with Crippen LogP contribution in [0, 0.1) is 27.7 Å². The van der Waals surface area contributed by atoms with Crippen LogP contribution in [-0.4, -0.2) is 0 Å². The van der Waals surface area contributed by atoms with E-state index in [2.05, 4.69) is 243 Å². The van der Waals surface area contributed by atoms with Crippen molar-refractivity contribution in [1.29, 1.82) is 0 Å². The highest BCUT2D eigenvalue weighted by molar-refractivity contribution is 6.30. The molecular formula is C65H60O2. The van der Waals surface area contributed by atoms with E-state index < -0.39 is 0 Å². The lowest BCUT2D eigenvalue weighted by molar-refractivity contribution is 0.657. The van der Waals surface area contributed by atoms with Gasteiger partial charge in [-0.05, 0) is 137 Å². The molecule has 0 spiro atoms. The van der Waals surface area contributed by atoms with Crippen LogP contribution >= 0.6 is 0 Å². The van der Waals surface area contributed by atoms with Crippen molar-refractivity contribution in [1.82, 2.24) is 0 Å². The van der Waals surface area contributed by atoms with Crippen molar-refractivity contribution in [2.24, 2.45) is 0 Å². The monoisotopic (exact) mass is 872 g/mol. The fourth-order valence-corrected chi connectivity index (χ4v) is 9.58. The molecule has 0 N–H and O–H groups in total. The Morgan fingerprint density at radius 2 is 0.791 bits per heavy atom. The normalized spacial score (nSPS) is 11.6. The van der Waals surface area contributed by atoms with Crippen molar-refractivity contribution < 1.29 is 8.83 Å². The molecule has 332 valence electrons. The number of fused-ring (bicyclic) bond motifs is 6. The summed E-state index contributed by atoms with van der Waals surface area (Å²) in [5, 5.41) is 4.66. The van der Waals surface area contributed by atoms with E-state index in [-0.39, 0.29) is 0 Å². The SMILES string of the molecule is CCCc1ccc2oc3c(-c4ccccc4)c4oc5ccc(C(C)CC)cc5c4c(-c4ccccc4)c3c2c1.Cc1ccccc1-c1ccccc1C.Cc1ccccc1-c1ccccc1C. The van der Waals surface area contributed by atoms with E-state index in [0.29, 0.717) is 5.92 Å².